The van der Waals surface area contributed by atoms with Crippen molar-refractivity contribution in [3.05, 3.63) is 12.2 Å². The van der Waals surface area contributed by atoms with Crippen LogP contribution in [0.2, 0.25) is 0 Å². The molecule has 3 N–H and O–H groups in total. The maximum Gasteiger partial charge on any atom is 0.138 e. The van der Waals surface area contributed by atoms with E-state index < -0.39 is 11.6 Å². The van der Waals surface area contributed by atoms with Crippen molar-refractivity contribution >= 4 is 0 Å². The normalized spacial score (nSPS) is 14.5. The number of hydrogen-bond acceptors (Lipinski definition) is 4. The van der Waals surface area contributed by atoms with Crippen LogP contribution >= 0.6 is 0 Å². The van der Waals surface area contributed by atoms with Gasteiger partial charge in [-0.3, -0.25) is 4.68 Å². The van der Waals surface area contributed by atoms with Crippen LogP contribution in [0.25, 0.3) is 0 Å². The van der Waals surface area contributed by atoms with E-state index in [1.807, 2.05) is 0 Å². The Hall–Kier alpha value is -0.940. The van der Waals surface area contributed by atoms with Crippen LogP contribution < -0.4 is 5.73 Å². The summed E-state index contributed by atoms with van der Waals surface area (Å²) in [5, 5.41) is 13.6. The first-order valence-corrected chi connectivity index (χ1v) is 4.21. The minimum Gasteiger partial charge on any atom is -0.391 e. The van der Waals surface area contributed by atoms with Crippen LogP contribution in [0.1, 0.15) is 19.7 Å². The molecule has 0 bridgehead atoms. The van der Waals surface area contributed by atoms with E-state index in [4.69, 9.17) is 5.73 Å². The summed E-state index contributed by atoms with van der Waals surface area (Å²) >= 11 is 0. The van der Waals surface area contributed by atoms with Gasteiger partial charge in [-0.1, -0.05) is 0 Å². The fourth-order valence-electron chi connectivity index (χ4n) is 0.941. The number of aromatic nitrogens is 3. The fraction of sp³-hybridized carbons (Fsp3) is 0.750. The molecule has 1 heterocycles. The van der Waals surface area contributed by atoms with Gasteiger partial charge in [-0.2, -0.15) is 5.10 Å². The van der Waals surface area contributed by atoms with Gasteiger partial charge in [0.15, 0.2) is 0 Å². The van der Waals surface area contributed by atoms with Crippen LogP contribution in [0.15, 0.2) is 6.33 Å². The van der Waals surface area contributed by atoms with Gasteiger partial charge in [-0.25, -0.2) is 4.98 Å². The van der Waals surface area contributed by atoms with Crippen molar-refractivity contribution < 1.29 is 5.11 Å². The zero-order chi connectivity index (χ0) is 10.1. The van der Waals surface area contributed by atoms with Crippen LogP contribution in [0, 0.1) is 0 Å². The third kappa shape index (κ3) is 2.50. The summed E-state index contributed by atoms with van der Waals surface area (Å²) in [7, 11) is 1.79. The van der Waals surface area contributed by atoms with E-state index in [1.54, 1.807) is 25.6 Å². The molecule has 1 rings (SSSR count). The second kappa shape index (κ2) is 3.43. The maximum absolute atomic E-state index is 9.68. The first-order chi connectivity index (χ1) is 5.91. The Labute approximate surface area is 77.6 Å². The molecule has 0 aliphatic carbocycles. The third-order valence-corrected chi connectivity index (χ3v) is 2.04. The summed E-state index contributed by atoms with van der Waals surface area (Å²) in [6.45, 7) is 3.57. The molecule has 5 nitrogen and oxygen atoms in total. The van der Waals surface area contributed by atoms with E-state index in [0.717, 1.165) is 5.82 Å². The van der Waals surface area contributed by atoms with E-state index in [2.05, 4.69) is 10.1 Å². The zero-order valence-corrected chi connectivity index (χ0v) is 8.23. The van der Waals surface area contributed by atoms with E-state index >= 15 is 0 Å². The van der Waals surface area contributed by atoms with Crippen LogP contribution in [0.3, 0.4) is 0 Å². The first-order valence-electron chi connectivity index (χ1n) is 4.21. The molecule has 0 saturated heterocycles. The van der Waals surface area contributed by atoms with E-state index in [1.165, 1.54) is 6.33 Å². The van der Waals surface area contributed by atoms with Gasteiger partial charge >= 0.3 is 0 Å². The minimum atomic E-state index is -0.605. The fourth-order valence-corrected chi connectivity index (χ4v) is 0.941. The zero-order valence-electron chi connectivity index (χ0n) is 8.23. The summed E-state index contributed by atoms with van der Waals surface area (Å²) in [5.74, 6) is 0.742. The monoisotopic (exact) mass is 184 g/mol. The van der Waals surface area contributed by atoms with Gasteiger partial charge in [0, 0.05) is 19.0 Å². The van der Waals surface area contributed by atoms with Crippen LogP contribution in [-0.2, 0) is 13.5 Å². The minimum absolute atomic E-state index is 0.431. The maximum atomic E-state index is 9.68. The molecule has 0 aliphatic rings. The average molecular weight is 184 g/mol. The summed E-state index contributed by atoms with van der Waals surface area (Å²) < 4.78 is 1.63. The second-order valence-corrected chi connectivity index (χ2v) is 3.84. The topological polar surface area (TPSA) is 77.0 Å². The van der Waals surface area contributed by atoms with E-state index in [-0.39, 0.29) is 0 Å². The highest BCUT2D eigenvalue weighted by molar-refractivity contribution is 4.93. The molecular weight excluding hydrogens is 168 g/mol. The molecule has 0 amide bonds. The molecular formula is C8H16N4O. The molecule has 0 saturated carbocycles. The molecule has 1 aromatic rings. The second-order valence-electron chi connectivity index (χ2n) is 3.84. The van der Waals surface area contributed by atoms with Crippen LogP contribution in [0.5, 0.6) is 0 Å². The van der Waals surface area contributed by atoms with Gasteiger partial charge in [0.2, 0.25) is 0 Å². The highest BCUT2D eigenvalue weighted by atomic mass is 16.3. The van der Waals surface area contributed by atoms with Gasteiger partial charge in [-0.05, 0) is 13.8 Å². The lowest BCUT2D eigenvalue weighted by Crippen LogP contribution is -2.46. The van der Waals surface area contributed by atoms with E-state index in [9.17, 15) is 5.11 Å². The van der Waals surface area contributed by atoms with Gasteiger partial charge < -0.3 is 10.8 Å². The van der Waals surface area contributed by atoms with Gasteiger partial charge in [0.1, 0.15) is 12.2 Å². The number of rotatable bonds is 3. The third-order valence-electron chi connectivity index (χ3n) is 2.04. The van der Waals surface area contributed by atoms with Crippen LogP contribution in [-0.4, -0.2) is 31.5 Å². The lowest BCUT2D eigenvalue weighted by atomic mass is 9.96. The summed E-state index contributed by atoms with van der Waals surface area (Å²) in [4.78, 5) is 4.01. The van der Waals surface area contributed by atoms with E-state index in [0.29, 0.717) is 6.42 Å². The Morgan fingerprint density at radius 2 is 2.31 bits per heavy atom. The van der Waals surface area contributed by atoms with Gasteiger partial charge in [0.05, 0.1) is 6.10 Å². The number of hydrogen-bond donors (Lipinski definition) is 2. The van der Waals surface area contributed by atoms with Crippen LogP contribution in [0.4, 0.5) is 0 Å². The number of aryl methyl sites for hydroxylation is 1. The Morgan fingerprint density at radius 1 is 1.69 bits per heavy atom. The van der Waals surface area contributed by atoms with Gasteiger partial charge in [-0.15, -0.1) is 0 Å². The van der Waals surface area contributed by atoms with Crippen molar-refractivity contribution in [1.29, 1.82) is 0 Å². The lowest BCUT2D eigenvalue weighted by molar-refractivity contribution is 0.101. The lowest BCUT2D eigenvalue weighted by Gasteiger charge is -2.25. The SMILES string of the molecule is Cn1ncnc1CC(O)C(C)(C)N. The van der Waals surface area contributed by atoms with Crippen molar-refractivity contribution in [2.45, 2.75) is 31.9 Å². The molecule has 1 atom stereocenters. The van der Waals surface area contributed by atoms with Crippen molar-refractivity contribution in [2.75, 3.05) is 0 Å². The molecule has 0 spiro atoms. The Kier molecular flexibility index (Phi) is 2.68. The predicted octanol–water partition coefficient (Wildman–Crippen LogP) is -0.544. The largest absolute Gasteiger partial charge is 0.391 e. The molecule has 13 heavy (non-hydrogen) atoms. The Balaban J connectivity index is 2.65. The molecule has 0 aliphatic heterocycles. The quantitative estimate of drug-likeness (QED) is 0.661. The highest BCUT2D eigenvalue weighted by Crippen LogP contribution is 2.09. The van der Waals surface area contributed by atoms with Crippen molar-refractivity contribution in [1.82, 2.24) is 14.8 Å². The molecule has 1 unspecified atom stereocenters. The smallest absolute Gasteiger partial charge is 0.138 e. The molecule has 1 aromatic heterocycles. The van der Waals surface area contributed by atoms with Gasteiger partial charge in [0.25, 0.3) is 0 Å². The number of nitrogens with zero attached hydrogens (tertiary/aromatic N) is 3. The van der Waals surface area contributed by atoms with Crippen molar-refractivity contribution in [2.24, 2.45) is 12.8 Å². The predicted molar refractivity (Wildman–Crippen MR) is 49.0 cm³/mol. The molecule has 0 aromatic carbocycles. The number of nitrogens with two attached hydrogens (primary N) is 1. The Bertz CT molecular complexity index is 276. The molecule has 5 heteroatoms. The van der Waals surface area contributed by atoms with Crippen molar-refractivity contribution in [3.8, 4) is 0 Å². The Morgan fingerprint density at radius 3 is 2.69 bits per heavy atom. The average Bonchev–Trinajstić information content (AvgIpc) is 2.34. The highest BCUT2D eigenvalue weighted by Gasteiger charge is 2.24. The molecule has 0 fully saturated rings. The number of aliphatic hydroxyl groups excluding tert-OH is 1. The summed E-state index contributed by atoms with van der Waals surface area (Å²) in [5.41, 5.74) is 5.13. The molecule has 74 valence electrons. The molecule has 0 radical (unpaired) electrons. The standard InChI is InChI=1S/C8H16N4O/c1-8(2,9)6(13)4-7-10-5-11-12(7)3/h5-6,13H,4,9H2,1-3H3. The first kappa shape index (κ1) is 10.1. The summed E-state index contributed by atoms with van der Waals surface area (Å²) in [6, 6.07) is 0. The number of aliphatic hydroxyl groups is 1. The summed E-state index contributed by atoms with van der Waals surface area (Å²) in [6.07, 6.45) is 1.29. The van der Waals surface area contributed by atoms with Crippen molar-refractivity contribution in [3.63, 3.8) is 0 Å².